The molecule has 0 N–H and O–H groups in total. The number of hydrogen-bond donors (Lipinski definition) is 0. The van der Waals surface area contributed by atoms with Crippen molar-refractivity contribution in [2.45, 2.75) is 20.8 Å². The molecule has 4 nitrogen and oxygen atoms in total. The van der Waals surface area contributed by atoms with Crippen LogP contribution in [0.15, 0.2) is 29.3 Å². The van der Waals surface area contributed by atoms with Crippen LogP contribution in [0.25, 0.3) is 11.4 Å². The highest BCUT2D eigenvalue weighted by molar-refractivity contribution is 5.50. The summed E-state index contributed by atoms with van der Waals surface area (Å²) >= 11 is 0. The lowest BCUT2D eigenvalue weighted by Crippen LogP contribution is -1.83. The van der Waals surface area contributed by atoms with Gasteiger partial charge in [-0.3, -0.25) is 0 Å². The second-order valence-electron chi connectivity index (χ2n) is 2.35. The van der Waals surface area contributed by atoms with Crippen molar-refractivity contribution in [3.8, 4) is 11.4 Å². The Hall–Kier alpha value is -1.71. The first-order chi connectivity index (χ1) is 6.86. The molecule has 14 heavy (non-hydrogen) atoms. The summed E-state index contributed by atoms with van der Waals surface area (Å²) in [6.07, 6.45) is 4.74. The first-order valence-electron chi connectivity index (χ1n) is 4.55. The van der Waals surface area contributed by atoms with Crippen molar-refractivity contribution in [3.05, 3.63) is 30.7 Å². The minimum absolute atomic E-state index is 0.642. The molecular formula is C10H13N3O. The predicted molar refractivity (Wildman–Crippen MR) is 53.6 cm³/mol. The molecule has 4 heteroatoms. The Morgan fingerprint density at radius 3 is 2.50 bits per heavy atom. The SMILES string of the molecule is CC.Cc1nc(-c2ccncn2)co1. The second kappa shape index (κ2) is 5.11. The van der Waals surface area contributed by atoms with Crippen molar-refractivity contribution >= 4 is 0 Å². The van der Waals surface area contributed by atoms with Crippen LogP contribution in [0, 0.1) is 6.92 Å². The molecule has 0 radical (unpaired) electrons. The number of nitrogens with zero attached hydrogens (tertiary/aromatic N) is 3. The van der Waals surface area contributed by atoms with E-state index in [1.807, 2.05) is 13.8 Å². The van der Waals surface area contributed by atoms with Gasteiger partial charge in [0.2, 0.25) is 0 Å². The zero-order valence-electron chi connectivity index (χ0n) is 8.56. The summed E-state index contributed by atoms with van der Waals surface area (Å²) in [5, 5.41) is 0. The van der Waals surface area contributed by atoms with Gasteiger partial charge in [0.05, 0.1) is 5.69 Å². The first-order valence-corrected chi connectivity index (χ1v) is 4.55. The fourth-order valence-corrected chi connectivity index (χ4v) is 0.923. The lowest BCUT2D eigenvalue weighted by Gasteiger charge is -1.89. The summed E-state index contributed by atoms with van der Waals surface area (Å²) in [5.41, 5.74) is 1.52. The molecule has 0 aliphatic carbocycles. The van der Waals surface area contributed by atoms with Crippen molar-refractivity contribution in [2.24, 2.45) is 0 Å². The van der Waals surface area contributed by atoms with E-state index in [1.165, 1.54) is 6.33 Å². The van der Waals surface area contributed by atoms with Gasteiger partial charge >= 0.3 is 0 Å². The standard InChI is InChI=1S/C8H7N3O.C2H6/c1-6-11-8(4-12-6)7-2-3-9-5-10-7;1-2/h2-5H,1H3;1-2H3. The van der Waals surface area contributed by atoms with E-state index in [-0.39, 0.29) is 0 Å². The summed E-state index contributed by atoms with van der Waals surface area (Å²) in [7, 11) is 0. The summed E-state index contributed by atoms with van der Waals surface area (Å²) in [6.45, 7) is 5.80. The Kier molecular flexibility index (Phi) is 3.79. The van der Waals surface area contributed by atoms with Crippen LogP contribution in [0.5, 0.6) is 0 Å². The normalized spacial score (nSPS) is 9.07. The lowest BCUT2D eigenvalue weighted by molar-refractivity contribution is 0.521. The van der Waals surface area contributed by atoms with Crippen molar-refractivity contribution in [1.29, 1.82) is 0 Å². The molecule has 0 aliphatic heterocycles. The van der Waals surface area contributed by atoms with E-state index in [1.54, 1.807) is 25.5 Å². The fourth-order valence-electron chi connectivity index (χ4n) is 0.923. The fraction of sp³-hybridized carbons (Fsp3) is 0.300. The minimum Gasteiger partial charge on any atom is -0.449 e. The lowest BCUT2D eigenvalue weighted by atomic mass is 10.3. The molecule has 0 unspecified atom stereocenters. The van der Waals surface area contributed by atoms with Gasteiger partial charge in [-0.15, -0.1) is 0 Å². The van der Waals surface area contributed by atoms with Gasteiger partial charge in [0.25, 0.3) is 0 Å². The molecule has 2 heterocycles. The number of oxazole rings is 1. The monoisotopic (exact) mass is 191 g/mol. The number of aryl methyl sites for hydroxylation is 1. The maximum Gasteiger partial charge on any atom is 0.191 e. The van der Waals surface area contributed by atoms with Crippen LogP contribution in [0.2, 0.25) is 0 Å². The molecule has 2 aromatic heterocycles. The van der Waals surface area contributed by atoms with Gasteiger partial charge in [-0.1, -0.05) is 13.8 Å². The zero-order chi connectivity index (χ0) is 10.4. The smallest absolute Gasteiger partial charge is 0.191 e. The second-order valence-corrected chi connectivity index (χ2v) is 2.35. The Morgan fingerprint density at radius 1 is 1.21 bits per heavy atom. The molecule has 0 atom stereocenters. The maximum atomic E-state index is 5.05. The average Bonchev–Trinajstić information content (AvgIpc) is 2.69. The van der Waals surface area contributed by atoms with Crippen molar-refractivity contribution in [1.82, 2.24) is 15.0 Å². The van der Waals surface area contributed by atoms with E-state index < -0.39 is 0 Å². The van der Waals surface area contributed by atoms with E-state index in [9.17, 15) is 0 Å². The van der Waals surface area contributed by atoms with Crippen molar-refractivity contribution in [3.63, 3.8) is 0 Å². The molecule has 0 bridgehead atoms. The first kappa shape index (κ1) is 10.4. The van der Waals surface area contributed by atoms with E-state index in [2.05, 4.69) is 15.0 Å². The third kappa shape index (κ3) is 2.39. The largest absolute Gasteiger partial charge is 0.449 e. The molecule has 0 saturated heterocycles. The number of hydrogen-bond acceptors (Lipinski definition) is 4. The quantitative estimate of drug-likeness (QED) is 0.694. The molecule has 0 aliphatic rings. The molecular weight excluding hydrogens is 178 g/mol. The van der Waals surface area contributed by atoms with Gasteiger partial charge in [-0.2, -0.15) is 0 Å². The molecule has 2 rings (SSSR count). The van der Waals surface area contributed by atoms with E-state index in [0.717, 1.165) is 11.4 Å². The Labute approximate surface area is 83.0 Å². The van der Waals surface area contributed by atoms with Gasteiger partial charge in [0.15, 0.2) is 5.89 Å². The van der Waals surface area contributed by atoms with Crippen LogP contribution in [0.3, 0.4) is 0 Å². The van der Waals surface area contributed by atoms with Gasteiger partial charge in [-0.05, 0) is 6.07 Å². The highest BCUT2D eigenvalue weighted by Gasteiger charge is 2.02. The van der Waals surface area contributed by atoms with E-state index in [4.69, 9.17) is 4.42 Å². The van der Waals surface area contributed by atoms with E-state index >= 15 is 0 Å². The summed E-state index contributed by atoms with van der Waals surface area (Å²) < 4.78 is 5.05. The molecule has 0 spiro atoms. The molecule has 0 amide bonds. The predicted octanol–water partition coefficient (Wildman–Crippen LogP) is 2.47. The highest BCUT2D eigenvalue weighted by Crippen LogP contribution is 2.13. The Morgan fingerprint density at radius 2 is 2.00 bits per heavy atom. The molecule has 0 fully saturated rings. The summed E-state index contributed by atoms with van der Waals surface area (Å²) in [6, 6.07) is 1.79. The molecule has 0 saturated carbocycles. The molecule has 0 aromatic carbocycles. The Balaban J connectivity index is 0.000000461. The minimum atomic E-state index is 0.642. The summed E-state index contributed by atoms with van der Waals surface area (Å²) in [4.78, 5) is 12.0. The van der Waals surface area contributed by atoms with Crippen molar-refractivity contribution < 1.29 is 4.42 Å². The van der Waals surface area contributed by atoms with E-state index in [0.29, 0.717) is 5.89 Å². The van der Waals surface area contributed by atoms with Gasteiger partial charge in [0, 0.05) is 13.1 Å². The summed E-state index contributed by atoms with van der Waals surface area (Å²) in [5.74, 6) is 0.642. The third-order valence-corrected chi connectivity index (χ3v) is 1.46. The average molecular weight is 191 g/mol. The topological polar surface area (TPSA) is 51.8 Å². The molecule has 74 valence electrons. The van der Waals surface area contributed by atoms with Crippen LogP contribution < -0.4 is 0 Å². The highest BCUT2D eigenvalue weighted by atomic mass is 16.3. The third-order valence-electron chi connectivity index (χ3n) is 1.46. The van der Waals surface area contributed by atoms with Crippen LogP contribution in [-0.4, -0.2) is 15.0 Å². The zero-order valence-corrected chi connectivity index (χ0v) is 8.56. The van der Waals surface area contributed by atoms with Crippen molar-refractivity contribution in [2.75, 3.05) is 0 Å². The number of rotatable bonds is 1. The molecule has 2 aromatic rings. The van der Waals surface area contributed by atoms with Crippen LogP contribution >= 0.6 is 0 Å². The Bertz CT molecular complexity index is 370. The van der Waals surface area contributed by atoms with Crippen LogP contribution in [0.1, 0.15) is 19.7 Å². The number of aromatic nitrogens is 3. The van der Waals surface area contributed by atoms with Gasteiger partial charge < -0.3 is 4.42 Å². The maximum absolute atomic E-state index is 5.05. The van der Waals surface area contributed by atoms with Crippen LogP contribution in [-0.2, 0) is 0 Å². The van der Waals surface area contributed by atoms with Gasteiger partial charge in [-0.25, -0.2) is 15.0 Å². The van der Waals surface area contributed by atoms with Crippen LogP contribution in [0.4, 0.5) is 0 Å². The van der Waals surface area contributed by atoms with Gasteiger partial charge in [0.1, 0.15) is 18.3 Å².